The minimum Gasteiger partial charge on any atom is -0.357 e. The lowest BCUT2D eigenvalue weighted by atomic mass is 10.2. The molecule has 106 valence electrons. The number of rotatable bonds is 4. The van der Waals surface area contributed by atoms with E-state index >= 15 is 0 Å². The molecule has 1 aromatic heterocycles. The van der Waals surface area contributed by atoms with Crippen LogP contribution in [-0.4, -0.2) is 9.91 Å². The number of aromatic nitrogens is 1. The van der Waals surface area contributed by atoms with E-state index in [1.54, 1.807) is 12.1 Å². The zero-order chi connectivity index (χ0) is 14.8. The molecular formula is C14H10FN3O2S. The van der Waals surface area contributed by atoms with Crippen molar-refractivity contribution in [1.82, 2.24) is 4.98 Å². The zero-order valence-electron chi connectivity index (χ0n) is 10.7. The fourth-order valence-corrected chi connectivity index (χ4v) is 2.82. The molecule has 0 aliphatic carbocycles. The van der Waals surface area contributed by atoms with Gasteiger partial charge in [0.15, 0.2) is 5.13 Å². The number of nitro benzene ring substituents is 1. The van der Waals surface area contributed by atoms with Crippen molar-refractivity contribution in [2.24, 2.45) is 0 Å². The van der Waals surface area contributed by atoms with Crippen LogP contribution < -0.4 is 5.32 Å². The predicted molar refractivity (Wildman–Crippen MR) is 80.0 cm³/mol. The maximum atomic E-state index is 13.1. The summed E-state index contributed by atoms with van der Waals surface area (Å²) in [7, 11) is 0. The van der Waals surface area contributed by atoms with Crippen LogP contribution in [0.25, 0.3) is 10.2 Å². The number of hydrogen-bond donors (Lipinski definition) is 1. The molecule has 0 radical (unpaired) electrons. The molecule has 0 unspecified atom stereocenters. The summed E-state index contributed by atoms with van der Waals surface area (Å²) < 4.78 is 13.8. The standard InChI is InChI=1S/C14H10FN3O2S/c15-10-3-1-2-9(6-10)8-16-14-17-12-5-4-11(18(19)20)7-13(12)21-14/h1-7H,8H2,(H,16,17). The second-order valence-corrected chi connectivity index (χ2v) is 5.44. The van der Waals surface area contributed by atoms with Gasteiger partial charge < -0.3 is 5.32 Å². The van der Waals surface area contributed by atoms with E-state index in [0.717, 1.165) is 10.3 Å². The summed E-state index contributed by atoms with van der Waals surface area (Å²) in [6, 6.07) is 10.9. The molecule has 0 bridgehead atoms. The number of halogens is 1. The van der Waals surface area contributed by atoms with Gasteiger partial charge in [0.1, 0.15) is 5.82 Å². The Morgan fingerprint density at radius 1 is 1.29 bits per heavy atom. The number of nitro groups is 1. The first kappa shape index (κ1) is 13.4. The Bertz CT molecular complexity index is 819. The van der Waals surface area contributed by atoms with E-state index in [0.29, 0.717) is 17.2 Å². The van der Waals surface area contributed by atoms with Crippen LogP contribution in [0.2, 0.25) is 0 Å². The first-order chi connectivity index (χ1) is 10.1. The zero-order valence-corrected chi connectivity index (χ0v) is 11.6. The maximum Gasteiger partial charge on any atom is 0.270 e. The molecule has 3 rings (SSSR count). The summed E-state index contributed by atoms with van der Waals surface area (Å²) >= 11 is 1.33. The van der Waals surface area contributed by atoms with Crippen LogP contribution in [0.1, 0.15) is 5.56 Å². The lowest BCUT2D eigenvalue weighted by Crippen LogP contribution is -1.98. The summed E-state index contributed by atoms with van der Waals surface area (Å²) in [6.07, 6.45) is 0. The summed E-state index contributed by atoms with van der Waals surface area (Å²) in [6.45, 7) is 0.444. The fraction of sp³-hybridized carbons (Fsp3) is 0.0714. The van der Waals surface area contributed by atoms with E-state index in [-0.39, 0.29) is 11.5 Å². The van der Waals surface area contributed by atoms with Gasteiger partial charge in [0.25, 0.3) is 5.69 Å². The van der Waals surface area contributed by atoms with Crippen LogP contribution in [0.5, 0.6) is 0 Å². The fourth-order valence-electron chi connectivity index (χ4n) is 1.93. The van der Waals surface area contributed by atoms with Crippen molar-refractivity contribution in [3.05, 3.63) is 64.0 Å². The highest BCUT2D eigenvalue weighted by molar-refractivity contribution is 7.22. The van der Waals surface area contributed by atoms with E-state index in [1.807, 2.05) is 6.07 Å². The third-order valence-electron chi connectivity index (χ3n) is 2.92. The highest BCUT2D eigenvalue weighted by Crippen LogP contribution is 2.29. The predicted octanol–water partition coefficient (Wildman–Crippen LogP) is 3.96. The van der Waals surface area contributed by atoms with Gasteiger partial charge in [-0.25, -0.2) is 9.37 Å². The summed E-state index contributed by atoms with van der Waals surface area (Å²) in [5.74, 6) is -0.283. The van der Waals surface area contributed by atoms with Crippen molar-refractivity contribution in [1.29, 1.82) is 0 Å². The molecule has 1 heterocycles. The van der Waals surface area contributed by atoms with E-state index in [2.05, 4.69) is 10.3 Å². The topological polar surface area (TPSA) is 68.1 Å². The molecule has 1 N–H and O–H groups in total. The van der Waals surface area contributed by atoms with E-state index in [9.17, 15) is 14.5 Å². The first-order valence-electron chi connectivity index (χ1n) is 6.15. The molecule has 0 saturated carbocycles. The Kier molecular flexibility index (Phi) is 3.49. The summed E-state index contributed by atoms with van der Waals surface area (Å²) in [4.78, 5) is 14.6. The van der Waals surface area contributed by atoms with Crippen molar-refractivity contribution in [3.63, 3.8) is 0 Å². The molecule has 0 spiro atoms. The van der Waals surface area contributed by atoms with Gasteiger partial charge in [0, 0.05) is 18.7 Å². The molecule has 21 heavy (non-hydrogen) atoms. The van der Waals surface area contributed by atoms with Gasteiger partial charge in [-0.15, -0.1) is 0 Å². The lowest BCUT2D eigenvalue weighted by molar-refractivity contribution is -0.384. The van der Waals surface area contributed by atoms with Crippen LogP contribution in [0, 0.1) is 15.9 Å². The third-order valence-corrected chi connectivity index (χ3v) is 3.89. The molecule has 0 amide bonds. The Morgan fingerprint density at radius 3 is 2.90 bits per heavy atom. The van der Waals surface area contributed by atoms with Crippen LogP contribution in [0.15, 0.2) is 42.5 Å². The first-order valence-corrected chi connectivity index (χ1v) is 6.97. The van der Waals surface area contributed by atoms with Crippen molar-refractivity contribution in [2.75, 3.05) is 5.32 Å². The summed E-state index contributed by atoms with van der Waals surface area (Å²) in [5.41, 5.74) is 1.55. The average Bonchev–Trinajstić information content (AvgIpc) is 2.87. The van der Waals surface area contributed by atoms with Crippen LogP contribution in [0.4, 0.5) is 15.2 Å². The van der Waals surface area contributed by atoms with Crippen LogP contribution >= 0.6 is 11.3 Å². The number of benzene rings is 2. The van der Waals surface area contributed by atoms with Gasteiger partial charge in [-0.2, -0.15) is 0 Å². The molecule has 0 aliphatic heterocycles. The molecule has 7 heteroatoms. The number of nitrogens with one attached hydrogen (secondary N) is 1. The molecule has 0 atom stereocenters. The number of fused-ring (bicyclic) bond motifs is 1. The Labute approximate surface area is 123 Å². The smallest absolute Gasteiger partial charge is 0.270 e. The Hall–Kier alpha value is -2.54. The van der Waals surface area contributed by atoms with Gasteiger partial charge >= 0.3 is 0 Å². The van der Waals surface area contributed by atoms with E-state index < -0.39 is 4.92 Å². The molecule has 2 aromatic carbocycles. The minimum absolute atomic E-state index is 0.0443. The minimum atomic E-state index is -0.432. The highest BCUT2D eigenvalue weighted by Gasteiger charge is 2.10. The molecular weight excluding hydrogens is 293 g/mol. The van der Waals surface area contributed by atoms with Crippen molar-refractivity contribution in [3.8, 4) is 0 Å². The number of nitrogens with zero attached hydrogens (tertiary/aromatic N) is 2. The van der Waals surface area contributed by atoms with E-state index in [4.69, 9.17) is 0 Å². The second kappa shape index (κ2) is 5.45. The normalized spacial score (nSPS) is 10.7. The molecule has 5 nitrogen and oxygen atoms in total. The van der Waals surface area contributed by atoms with Crippen LogP contribution in [0.3, 0.4) is 0 Å². The molecule has 0 fully saturated rings. The van der Waals surface area contributed by atoms with Crippen LogP contribution in [-0.2, 0) is 6.54 Å². The van der Waals surface area contributed by atoms with Gasteiger partial charge in [-0.1, -0.05) is 23.5 Å². The van der Waals surface area contributed by atoms with Crippen molar-refractivity contribution < 1.29 is 9.31 Å². The quantitative estimate of drug-likeness (QED) is 0.585. The Balaban J connectivity index is 1.80. The number of anilines is 1. The Morgan fingerprint density at radius 2 is 2.14 bits per heavy atom. The number of non-ortho nitro benzene ring substituents is 1. The molecule has 3 aromatic rings. The van der Waals surface area contributed by atoms with Crippen molar-refractivity contribution >= 4 is 32.4 Å². The average molecular weight is 303 g/mol. The molecule has 0 saturated heterocycles. The molecule has 0 aliphatic rings. The van der Waals surface area contributed by atoms with Gasteiger partial charge in [0.05, 0.1) is 15.1 Å². The maximum absolute atomic E-state index is 13.1. The monoisotopic (exact) mass is 303 g/mol. The third kappa shape index (κ3) is 2.97. The number of hydrogen-bond acceptors (Lipinski definition) is 5. The largest absolute Gasteiger partial charge is 0.357 e. The lowest BCUT2D eigenvalue weighted by Gasteiger charge is -2.02. The second-order valence-electron chi connectivity index (χ2n) is 4.41. The SMILES string of the molecule is O=[N+]([O-])c1ccc2nc(NCc3cccc(F)c3)sc2c1. The van der Waals surface area contributed by atoms with Gasteiger partial charge in [-0.3, -0.25) is 10.1 Å². The number of thiazole rings is 1. The summed E-state index contributed by atoms with van der Waals surface area (Å²) in [5, 5.41) is 14.5. The highest BCUT2D eigenvalue weighted by atomic mass is 32.1. The van der Waals surface area contributed by atoms with E-state index in [1.165, 1.54) is 35.6 Å². The van der Waals surface area contributed by atoms with Gasteiger partial charge in [0.2, 0.25) is 0 Å². The van der Waals surface area contributed by atoms with Gasteiger partial charge in [-0.05, 0) is 23.8 Å². The van der Waals surface area contributed by atoms with Crippen molar-refractivity contribution in [2.45, 2.75) is 6.54 Å².